The third-order valence-corrected chi connectivity index (χ3v) is 7.78. The standard InChI is InChI=1S/C25H27FN4O2S/c1-17(31)18-5-7-20(8-6-18)28-13-15-29(16-14-28)24(32)19-9-11-30(12-10-19)25-27-23-21(26)3-2-4-22(23)33-25/h2-8,19H,9-16H2,1H3. The van der Waals surface area contributed by atoms with Crippen LogP contribution in [-0.4, -0.2) is 60.8 Å². The first-order valence-electron chi connectivity index (χ1n) is 11.4. The summed E-state index contributed by atoms with van der Waals surface area (Å²) >= 11 is 1.51. The number of ketones is 1. The van der Waals surface area contributed by atoms with E-state index in [2.05, 4.69) is 14.8 Å². The number of amides is 1. The van der Waals surface area contributed by atoms with Gasteiger partial charge in [-0.15, -0.1) is 0 Å². The van der Waals surface area contributed by atoms with Crippen LogP contribution in [0.25, 0.3) is 10.2 Å². The predicted octanol–water partition coefficient (Wildman–Crippen LogP) is 4.20. The summed E-state index contributed by atoms with van der Waals surface area (Å²) in [6.07, 6.45) is 1.59. The Bertz CT molecular complexity index is 1160. The molecule has 3 heterocycles. The van der Waals surface area contributed by atoms with Crippen LogP contribution in [0.2, 0.25) is 0 Å². The minimum atomic E-state index is -0.283. The minimum Gasteiger partial charge on any atom is -0.368 e. The van der Waals surface area contributed by atoms with E-state index in [0.717, 1.165) is 60.1 Å². The Morgan fingerprint density at radius 1 is 0.939 bits per heavy atom. The molecule has 1 amide bonds. The Morgan fingerprint density at radius 3 is 2.27 bits per heavy atom. The number of rotatable bonds is 4. The van der Waals surface area contributed by atoms with Crippen molar-refractivity contribution in [1.82, 2.24) is 9.88 Å². The van der Waals surface area contributed by atoms with Crippen LogP contribution in [0.15, 0.2) is 42.5 Å². The second kappa shape index (κ2) is 9.09. The minimum absolute atomic E-state index is 0.0359. The lowest BCUT2D eigenvalue weighted by atomic mass is 9.95. The highest BCUT2D eigenvalue weighted by atomic mass is 32.1. The molecule has 0 unspecified atom stereocenters. The maximum absolute atomic E-state index is 14.0. The van der Waals surface area contributed by atoms with Crippen molar-refractivity contribution in [2.24, 2.45) is 5.92 Å². The SMILES string of the molecule is CC(=O)c1ccc(N2CCN(C(=O)C3CCN(c4nc5c(F)cccc5s4)CC3)CC2)cc1. The number of benzene rings is 2. The largest absolute Gasteiger partial charge is 0.368 e. The van der Waals surface area contributed by atoms with E-state index in [1.807, 2.05) is 35.2 Å². The average molecular weight is 467 g/mol. The van der Waals surface area contributed by atoms with Crippen molar-refractivity contribution in [1.29, 1.82) is 0 Å². The summed E-state index contributed by atoms with van der Waals surface area (Å²) in [6, 6.07) is 12.7. The Labute approximate surface area is 196 Å². The summed E-state index contributed by atoms with van der Waals surface area (Å²) in [5.41, 5.74) is 2.24. The Balaban J connectivity index is 1.14. The average Bonchev–Trinajstić information content (AvgIpc) is 3.30. The number of anilines is 2. The molecule has 33 heavy (non-hydrogen) atoms. The van der Waals surface area contributed by atoms with Crippen molar-refractivity contribution >= 4 is 44.1 Å². The number of thiazole rings is 1. The maximum atomic E-state index is 14.0. The zero-order valence-corrected chi connectivity index (χ0v) is 19.5. The number of carbonyl (C=O) groups is 2. The second-order valence-electron chi connectivity index (χ2n) is 8.76. The van der Waals surface area contributed by atoms with Gasteiger partial charge in [0.1, 0.15) is 11.3 Å². The fourth-order valence-corrected chi connectivity index (χ4v) is 5.74. The highest BCUT2D eigenvalue weighted by molar-refractivity contribution is 7.22. The van der Waals surface area contributed by atoms with Crippen LogP contribution in [0.5, 0.6) is 0 Å². The molecule has 5 rings (SSSR count). The smallest absolute Gasteiger partial charge is 0.225 e. The second-order valence-corrected chi connectivity index (χ2v) is 9.77. The fraction of sp³-hybridized carbons (Fsp3) is 0.400. The van der Waals surface area contributed by atoms with Gasteiger partial charge in [0, 0.05) is 56.4 Å². The van der Waals surface area contributed by atoms with Gasteiger partial charge >= 0.3 is 0 Å². The molecule has 2 aliphatic heterocycles. The van der Waals surface area contributed by atoms with Crippen molar-refractivity contribution < 1.29 is 14.0 Å². The molecule has 1 aromatic heterocycles. The van der Waals surface area contributed by atoms with Gasteiger partial charge in [0.15, 0.2) is 10.9 Å². The van der Waals surface area contributed by atoms with Gasteiger partial charge in [0.25, 0.3) is 0 Å². The molecule has 2 saturated heterocycles. The van der Waals surface area contributed by atoms with Crippen LogP contribution >= 0.6 is 11.3 Å². The number of piperidine rings is 1. The van der Waals surface area contributed by atoms with E-state index in [9.17, 15) is 14.0 Å². The molecule has 0 spiro atoms. The molecule has 172 valence electrons. The first kappa shape index (κ1) is 21.8. The van der Waals surface area contributed by atoms with E-state index in [4.69, 9.17) is 0 Å². The van der Waals surface area contributed by atoms with Gasteiger partial charge in [0.05, 0.1) is 4.70 Å². The van der Waals surface area contributed by atoms with Gasteiger partial charge in [-0.2, -0.15) is 0 Å². The molecule has 0 atom stereocenters. The lowest BCUT2D eigenvalue weighted by Crippen LogP contribution is -2.51. The third kappa shape index (κ3) is 4.44. The summed E-state index contributed by atoms with van der Waals surface area (Å²) in [4.78, 5) is 35.5. The van der Waals surface area contributed by atoms with Gasteiger partial charge in [-0.05, 0) is 56.2 Å². The van der Waals surface area contributed by atoms with Gasteiger partial charge in [-0.25, -0.2) is 9.37 Å². The number of fused-ring (bicyclic) bond motifs is 1. The van der Waals surface area contributed by atoms with E-state index in [1.54, 1.807) is 13.0 Å². The molecule has 0 aliphatic carbocycles. The van der Waals surface area contributed by atoms with Crippen molar-refractivity contribution in [2.45, 2.75) is 19.8 Å². The molecular weight excluding hydrogens is 439 g/mol. The molecule has 2 fully saturated rings. The highest BCUT2D eigenvalue weighted by Crippen LogP contribution is 2.33. The van der Waals surface area contributed by atoms with Crippen LogP contribution < -0.4 is 9.80 Å². The molecule has 2 aliphatic rings. The van der Waals surface area contributed by atoms with Gasteiger partial charge in [-0.1, -0.05) is 17.4 Å². The van der Waals surface area contributed by atoms with Crippen molar-refractivity contribution in [3.8, 4) is 0 Å². The van der Waals surface area contributed by atoms with E-state index >= 15 is 0 Å². The summed E-state index contributed by atoms with van der Waals surface area (Å²) < 4.78 is 14.8. The maximum Gasteiger partial charge on any atom is 0.225 e. The van der Waals surface area contributed by atoms with Gasteiger partial charge in [-0.3, -0.25) is 9.59 Å². The van der Waals surface area contributed by atoms with E-state index in [0.29, 0.717) is 18.6 Å². The number of aromatic nitrogens is 1. The Hall–Kier alpha value is -3.00. The molecule has 3 aromatic rings. The number of carbonyl (C=O) groups excluding carboxylic acids is 2. The monoisotopic (exact) mass is 466 g/mol. The topological polar surface area (TPSA) is 56.8 Å². The molecule has 0 saturated carbocycles. The first-order chi connectivity index (χ1) is 16.0. The number of Topliss-reactive ketones (excluding diaryl/α,β-unsaturated/α-hetero) is 1. The first-order valence-corrected chi connectivity index (χ1v) is 12.3. The van der Waals surface area contributed by atoms with Gasteiger partial charge < -0.3 is 14.7 Å². The molecular formula is C25H27FN4O2S. The highest BCUT2D eigenvalue weighted by Gasteiger charge is 2.31. The molecule has 6 nitrogen and oxygen atoms in total. The number of hydrogen-bond donors (Lipinski definition) is 0. The molecule has 2 aromatic carbocycles. The van der Waals surface area contributed by atoms with Crippen LogP contribution in [0.3, 0.4) is 0 Å². The molecule has 0 radical (unpaired) electrons. The number of nitrogens with zero attached hydrogens (tertiary/aromatic N) is 4. The molecule has 8 heteroatoms. The van der Waals surface area contributed by atoms with E-state index in [1.165, 1.54) is 17.4 Å². The summed E-state index contributed by atoms with van der Waals surface area (Å²) in [5, 5.41) is 0.838. The van der Waals surface area contributed by atoms with Crippen LogP contribution in [-0.2, 0) is 4.79 Å². The number of hydrogen-bond acceptors (Lipinski definition) is 6. The lowest BCUT2D eigenvalue weighted by molar-refractivity contribution is -0.136. The van der Waals surface area contributed by atoms with Crippen LogP contribution in [0.4, 0.5) is 15.2 Å². The molecule has 0 bridgehead atoms. The summed E-state index contributed by atoms with van der Waals surface area (Å²) in [5.74, 6) is 0.0673. The van der Waals surface area contributed by atoms with E-state index < -0.39 is 0 Å². The van der Waals surface area contributed by atoms with Crippen molar-refractivity contribution in [2.75, 3.05) is 49.1 Å². The van der Waals surface area contributed by atoms with Crippen LogP contribution in [0, 0.1) is 11.7 Å². The molecule has 0 N–H and O–H groups in total. The van der Waals surface area contributed by atoms with Crippen molar-refractivity contribution in [3.63, 3.8) is 0 Å². The predicted molar refractivity (Wildman–Crippen MR) is 130 cm³/mol. The third-order valence-electron chi connectivity index (χ3n) is 6.70. The van der Waals surface area contributed by atoms with Crippen molar-refractivity contribution in [3.05, 3.63) is 53.8 Å². The zero-order chi connectivity index (χ0) is 22.9. The Kier molecular flexibility index (Phi) is 6.01. The number of para-hydroxylation sites is 1. The fourth-order valence-electron chi connectivity index (χ4n) is 4.71. The van der Waals surface area contributed by atoms with Crippen LogP contribution in [0.1, 0.15) is 30.1 Å². The Morgan fingerprint density at radius 2 is 1.64 bits per heavy atom. The van der Waals surface area contributed by atoms with Gasteiger partial charge in [0.2, 0.25) is 5.91 Å². The summed E-state index contributed by atoms with van der Waals surface area (Å²) in [6.45, 7) is 6.11. The normalized spacial score (nSPS) is 17.6. The number of halogens is 1. The summed E-state index contributed by atoms with van der Waals surface area (Å²) in [7, 11) is 0. The zero-order valence-electron chi connectivity index (χ0n) is 18.7. The lowest BCUT2D eigenvalue weighted by Gasteiger charge is -2.39. The van der Waals surface area contributed by atoms with E-state index in [-0.39, 0.29) is 23.4 Å². The quantitative estimate of drug-likeness (QED) is 0.540. The number of piperazine rings is 1.